The SMILES string of the molecule is c1ccc(-c2nc(-c3ccccc3)nc(-c3cccc(-c4cccc(-n5c6ccccc6c6cccc(-n7ncc8c7ccc7c9ccccc9n(-c9ccccc9)c78)c65)c4)c3)n2)cc1. The van der Waals surface area contributed by atoms with Gasteiger partial charge in [-0.05, 0) is 71.8 Å². The highest BCUT2D eigenvalue weighted by Gasteiger charge is 2.22. The number of hydrogen-bond donors (Lipinski definition) is 0. The second-order valence-corrected chi connectivity index (χ2v) is 16.3. The summed E-state index contributed by atoms with van der Waals surface area (Å²) in [4.78, 5) is 15.0. The summed E-state index contributed by atoms with van der Waals surface area (Å²) in [5.41, 5.74) is 13.7. The van der Waals surface area contributed by atoms with Gasteiger partial charge in [-0.3, -0.25) is 0 Å². The fraction of sp³-hybridized carbons (Fsp3) is 0. The molecule has 0 aliphatic carbocycles. The van der Waals surface area contributed by atoms with E-state index in [1.54, 1.807) is 0 Å². The summed E-state index contributed by atoms with van der Waals surface area (Å²) >= 11 is 0. The lowest BCUT2D eigenvalue weighted by Gasteiger charge is -2.14. The van der Waals surface area contributed by atoms with Crippen molar-refractivity contribution in [1.82, 2.24) is 33.9 Å². The van der Waals surface area contributed by atoms with Crippen molar-refractivity contribution in [2.45, 2.75) is 0 Å². The van der Waals surface area contributed by atoms with Crippen LogP contribution in [0.2, 0.25) is 0 Å². The van der Waals surface area contributed by atoms with Gasteiger partial charge in [0.05, 0.1) is 39.5 Å². The van der Waals surface area contributed by atoms with Gasteiger partial charge < -0.3 is 9.13 Å². The molecule has 0 N–H and O–H groups in total. The van der Waals surface area contributed by atoms with Crippen LogP contribution < -0.4 is 0 Å². The number of fused-ring (bicyclic) bond motifs is 8. The van der Waals surface area contributed by atoms with Crippen LogP contribution in [0.25, 0.3) is 117 Å². The average Bonchev–Trinajstić information content (AvgIpc) is 4.08. The van der Waals surface area contributed by atoms with Gasteiger partial charge in [0, 0.05) is 55.0 Å². The van der Waals surface area contributed by atoms with Crippen LogP contribution in [0.5, 0.6) is 0 Å². The van der Waals surface area contributed by atoms with Gasteiger partial charge in [0.25, 0.3) is 0 Å². The van der Waals surface area contributed by atoms with Gasteiger partial charge in [-0.2, -0.15) is 5.10 Å². The van der Waals surface area contributed by atoms with Gasteiger partial charge in [0.2, 0.25) is 0 Å². The molecule has 0 aliphatic heterocycles. The molecule has 0 aliphatic rings. The van der Waals surface area contributed by atoms with E-state index in [9.17, 15) is 0 Å². The van der Waals surface area contributed by atoms with E-state index < -0.39 is 0 Å². The van der Waals surface area contributed by atoms with Gasteiger partial charge in [0.1, 0.15) is 0 Å². The van der Waals surface area contributed by atoms with Crippen LogP contribution in [0.1, 0.15) is 0 Å². The zero-order valence-corrected chi connectivity index (χ0v) is 35.0. The smallest absolute Gasteiger partial charge is 0.164 e. The van der Waals surface area contributed by atoms with Crippen molar-refractivity contribution in [2.75, 3.05) is 0 Å². The molecule has 13 aromatic rings. The van der Waals surface area contributed by atoms with Crippen LogP contribution in [-0.2, 0) is 0 Å². The van der Waals surface area contributed by atoms with Gasteiger partial charge >= 0.3 is 0 Å². The van der Waals surface area contributed by atoms with Gasteiger partial charge in [-0.15, -0.1) is 0 Å². The molecule has 4 heterocycles. The standard InChI is InChI=1S/C58H37N7/c1-4-17-38(18-5-1)56-60-57(39-19-6-2-7-20-39)62-58(61-56)42-23-14-21-40(35-42)41-22-15-26-44(36-41)64-51-31-13-10-27-45(51)47-29-16-32-53(55(47)64)65-52-34-33-48-46-28-11-12-30-50(46)63(43-24-8-3-9-25-43)54(48)49(52)37-59-65/h1-37H. The van der Waals surface area contributed by atoms with Crippen molar-refractivity contribution in [3.8, 4) is 62.4 Å². The minimum atomic E-state index is 0.621. The first-order valence-corrected chi connectivity index (χ1v) is 21.8. The summed E-state index contributed by atoms with van der Waals surface area (Å²) in [6.07, 6.45) is 2.04. The van der Waals surface area contributed by atoms with Gasteiger partial charge in [-0.25, -0.2) is 19.6 Å². The van der Waals surface area contributed by atoms with Crippen molar-refractivity contribution in [3.63, 3.8) is 0 Å². The van der Waals surface area contributed by atoms with Gasteiger partial charge in [0.15, 0.2) is 17.5 Å². The third kappa shape index (κ3) is 5.98. The quantitative estimate of drug-likeness (QED) is 0.160. The largest absolute Gasteiger partial charge is 0.309 e. The first kappa shape index (κ1) is 36.7. The summed E-state index contributed by atoms with van der Waals surface area (Å²) in [6, 6.07) is 76.5. The van der Waals surface area contributed by atoms with E-state index in [0.717, 1.165) is 77.7 Å². The van der Waals surface area contributed by atoms with Crippen molar-refractivity contribution in [2.24, 2.45) is 0 Å². The molecule has 7 nitrogen and oxygen atoms in total. The normalized spacial score (nSPS) is 11.7. The minimum Gasteiger partial charge on any atom is -0.309 e. The number of hydrogen-bond acceptors (Lipinski definition) is 4. The first-order valence-electron chi connectivity index (χ1n) is 21.8. The Hall–Kier alpha value is -8.94. The molecule has 4 aromatic heterocycles. The number of nitrogens with zero attached hydrogens (tertiary/aromatic N) is 7. The molecule has 13 rings (SSSR count). The topological polar surface area (TPSA) is 66.3 Å². The van der Waals surface area contributed by atoms with E-state index in [1.807, 2.05) is 66.9 Å². The van der Waals surface area contributed by atoms with Crippen LogP contribution >= 0.6 is 0 Å². The van der Waals surface area contributed by atoms with E-state index in [4.69, 9.17) is 20.1 Å². The third-order valence-electron chi connectivity index (χ3n) is 12.6. The molecule has 0 radical (unpaired) electrons. The summed E-state index contributed by atoms with van der Waals surface area (Å²) < 4.78 is 6.89. The molecular formula is C58H37N7. The third-order valence-corrected chi connectivity index (χ3v) is 12.6. The highest BCUT2D eigenvalue weighted by molar-refractivity contribution is 6.19. The Kier molecular flexibility index (Phi) is 8.39. The maximum atomic E-state index is 5.20. The molecule has 65 heavy (non-hydrogen) atoms. The zero-order chi connectivity index (χ0) is 42.8. The molecule has 9 aromatic carbocycles. The monoisotopic (exact) mass is 831 g/mol. The fourth-order valence-electron chi connectivity index (χ4n) is 9.64. The Morgan fingerprint density at radius 3 is 1.45 bits per heavy atom. The Labute approximate surface area is 373 Å². The summed E-state index contributed by atoms with van der Waals surface area (Å²) in [5, 5.41) is 11.1. The number of aromatic nitrogens is 7. The Balaban J connectivity index is 0.972. The fourth-order valence-corrected chi connectivity index (χ4v) is 9.64. The van der Waals surface area contributed by atoms with E-state index in [2.05, 4.69) is 172 Å². The maximum Gasteiger partial charge on any atom is 0.164 e. The second-order valence-electron chi connectivity index (χ2n) is 16.3. The average molecular weight is 832 g/mol. The van der Waals surface area contributed by atoms with E-state index >= 15 is 0 Å². The maximum absolute atomic E-state index is 5.20. The molecular weight excluding hydrogens is 795 g/mol. The molecule has 0 spiro atoms. The molecule has 304 valence electrons. The molecule has 0 unspecified atom stereocenters. The van der Waals surface area contributed by atoms with Crippen molar-refractivity contribution < 1.29 is 0 Å². The Morgan fingerprint density at radius 1 is 0.292 bits per heavy atom. The Bertz CT molecular complexity index is 3880. The Morgan fingerprint density at radius 2 is 0.769 bits per heavy atom. The number of rotatable bonds is 7. The predicted molar refractivity (Wildman–Crippen MR) is 265 cm³/mol. The zero-order valence-electron chi connectivity index (χ0n) is 35.0. The lowest BCUT2D eigenvalue weighted by Crippen LogP contribution is -2.02. The predicted octanol–water partition coefficient (Wildman–Crippen LogP) is 14.1. The summed E-state index contributed by atoms with van der Waals surface area (Å²) in [5.74, 6) is 1.89. The second kappa shape index (κ2) is 14.9. The van der Waals surface area contributed by atoms with Crippen LogP contribution in [0.15, 0.2) is 225 Å². The molecule has 0 bridgehead atoms. The highest BCUT2D eigenvalue weighted by atomic mass is 15.3. The van der Waals surface area contributed by atoms with Crippen LogP contribution in [-0.4, -0.2) is 33.9 Å². The van der Waals surface area contributed by atoms with Gasteiger partial charge in [-0.1, -0.05) is 158 Å². The van der Waals surface area contributed by atoms with E-state index in [-0.39, 0.29) is 0 Å². The lowest BCUT2D eigenvalue weighted by molar-refractivity contribution is 0.912. The lowest BCUT2D eigenvalue weighted by atomic mass is 10.0. The first-order chi connectivity index (χ1) is 32.2. The molecule has 0 saturated carbocycles. The van der Waals surface area contributed by atoms with E-state index in [0.29, 0.717) is 17.5 Å². The van der Waals surface area contributed by atoms with Crippen molar-refractivity contribution in [1.29, 1.82) is 0 Å². The number of benzene rings is 9. The van der Waals surface area contributed by atoms with E-state index in [1.165, 1.54) is 21.7 Å². The van der Waals surface area contributed by atoms with Crippen LogP contribution in [0.3, 0.4) is 0 Å². The molecule has 0 amide bonds. The highest BCUT2D eigenvalue weighted by Crippen LogP contribution is 2.40. The molecule has 0 saturated heterocycles. The molecule has 7 heteroatoms. The van der Waals surface area contributed by atoms with Crippen molar-refractivity contribution >= 4 is 54.5 Å². The summed E-state index contributed by atoms with van der Waals surface area (Å²) in [7, 11) is 0. The number of para-hydroxylation sites is 4. The molecule has 0 fully saturated rings. The molecule has 0 atom stereocenters. The van der Waals surface area contributed by atoms with Crippen molar-refractivity contribution in [3.05, 3.63) is 225 Å². The minimum absolute atomic E-state index is 0.621. The van der Waals surface area contributed by atoms with Crippen LogP contribution in [0.4, 0.5) is 0 Å². The van der Waals surface area contributed by atoms with Crippen LogP contribution in [0, 0.1) is 0 Å². The summed E-state index contributed by atoms with van der Waals surface area (Å²) in [6.45, 7) is 0.